The minimum Gasteiger partial charge on any atom is -0.444 e. The third kappa shape index (κ3) is 4.96. The van der Waals surface area contributed by atoms with Gasteiger partial charge >= 0.3 is 6.09 Å². The topological polar surface area (TPSA) is 51.2 Å². The lowest BCUT2D eigenvalue weighted by Gasteiger charge is -2.08. The van der Waals surface area contributed by atoms with Crippen LogP contribution in [0.3, 0.4) is 0 Å². The molecule has 0 aliphatic carbocycles. The average molecular weight is 345 g/mol. The van der Waals surface area contributed by atoms with Gasteiger partial charge in [0.05, 0.1) is 16.4 Å². The number of amides is 1. The zero-order chi connectivity index (χ0) is 16.7. The number of aryl methyl sites for hydroxylation is 2. The largest absolute Gasteiger partial charge is 0.444 e. The fourth-order valence-electron chi connectivity index (χ4n) is 1.58. The van der Waals surface area contributed by atoms with Gasteiger partial charge < -0.3 is 4.74 Å². The number of ether oxygens (including phenoxy) is 1. The molecule has 1 N–H and O–H groups in total. The summed E-state index contributed by atoms with van der Waals surface area (Å²) in [4.78, 5) is 12.6. The molecule has 0 bridgehead atoms. The molecule has 1 heterocycles. The summed E-state index contributed by atoms with van der Waals surface area (Å²) in [6, 6.07) is 3.92. The first-order valence-corrected chi connectivity index (χ1v) is 7.93. The number of halogens is 2. The average Bonchev–Trinajstić information content (AvgIpc) is 2.80. The maximum absolute atomic E-state index is 12.9. The van der Waals surface area contributed by atoms with E-state index in [0.29, 0.717) is 11.3 Å². The molecular weight excluding hydrogens is 327 g/mol. The first-order chi connectivity index (χ1) is 10.5. The first kappa shape index (κ1) is 18.4. The summed E-state index contributed by atoms with van der Waals surface area (Å²) in [5.74, 6) is -0.432. The summed E-state index contributed by atoms with van der Waals surface area (Å²) in [7, 11) is 0. The van der Waals surface area contributed by atoms with Gasteiger partial charge in [-0.05, 0) is 37.5 Å². The Labute approximate surface area is 138 Å². The summed E-state index contributed by atoms with van der Waals surface area (Å²) in [5.41, 5.74) is 1.94. The van der Waals surface area contributed by atoms with E-state index in [4.69, 9.17) is 16.3 Å². The van der Waals surface area contributed by atoms with Gasteiger partial charge in [-0.15, -0.1) is 0 Å². The lowest BCUT2D eigenvalue weighted by molar-refractivity contribution is 0.155. The lowest BCUT2D eigenvalue weighted by atomic mass is 10.2. The number of hydrogen-bond donors (Lipinski definition) is 1. The minimum atomic E-state index is -0.600. The van der Waals surface area contributed by atoms with Crippen molar-refractivity contribution in [3.05, 3.63) is 45.2 Å². The molecule has 0 fully saturated rings. The van der Waals surface area contributed by atoms with Crippen LogP contribution in [0.25, 0.3) is 0 Å². The van der Waals surface area contributed by atoms with Gasteiger partial charge in [0.15, 0.2) is 0 Å². The van der Waals surface area contributed by atoms with Crippen molar-refractivity contribution in [1.82, 2.24) is 4.37 Å². The van der Waals surface area contributed by atoms with E-state index in [1.807, 2.05) is 20.8 Å². The van der Waals surface area contributed by atoms with E-state index in [1.165, 1.54) is 29.7 Å². The highest BCUT2D eigenvalue weighted by molar-refractivity contribution is 7.06. The molecule has 2 aromatic rings. The van der Waals surface area contributed by atoms with Crippen LogP contribution in [0, 0.1) is 19.7 Å². The van der Waals surface area contributed by atoms with Crippen LogP contribution >= 0.6 is 23.1 Å². The zero-order valence-corrected chi connectivity index (χ0v) is 14.4. The molecule has 0 spiro atoms. The Balaban J connectivity index is 0.00000116. The first-order valence-electron chi connectivity index (χ1n) is 6.78. The van der Waals surface area contributed by atoms with Gasteiger partial charge in [-0.1, -0.05) is 31.5 Å². The molecule has 0 radical (unpaired) electrons. The Kier molecular flexibility index (Phi) is 7.27. The van der Waals surface area contributed by atoms with Crippen molar-refractivity contribution in [2.45, 2.75) is 34.3 Å². The number of benzene rings is 1. The number of nitrogens with one attached hydrogen (secondary N) is 1. The summed E-state index contributed by atoms with van der Waals surface area (Å²) in [6.45, 7) is 7.63. The highest BCUT2D eigenvalue weighted by Gasteiger charge is 2.12. The fourth-order valence-corrected chi connectivity index (χ4v) is 2.46. The molecule has 1 aromatic heterocycles. The van der Waals surface area contributed by atoms with Gasteiger partial charge in [-0.2, -0.15) is 4.37 Å². The second kappa shape index (κ2) is 8.70. The van der Waals surface area contributed by atoms with Crippen LogP contribution in [-0.4, -0.2) is 10.5 Å². The third-order valence-corrected chi connectivity index (χ3v) is 3.83. The molecular formula is C15H18ClFN2O2S. The predicted octanol–water partition coefficient (Wildman–Crippen LogP) is 5.33. The molecule has 0 unspecified atom stereocenters. The smallest absolute Gasteiger partial charge is 0.412 e. The van der Waals surface area contributed by atoms with Crippen LogP contribution < -0.4 is 5.32 Å². The van der Waals surface area contributed by atoms with Crippen molar-refractivity contribution in [1.29, 1.82) is 0 Å². The Hall–Kier alpha value is -1.66. The van der Waals surface area contributed by atoms with Crippen molar-refractivity contribution < 1.29 is 13.9 Å². The van der Waals surface area contributed by atoms with Gasteiger partial charge in [0.25, 0.3) is 0 Å². The molecule has 0 aliphatic heterocycles. The van der Waals surface area contributed by atoms with Crippen LogP contribution in [0.1, 0.15) is 30.0 Å². The molecule has 1 aromatic carbocycles. The van der Waals surface area contributed by atoms with Crippen molar-refractivity contribution in [2.75, 3.05) is 5.32 Å². The van der Waals surface area contributed by atoms with Gasteiger partial charge in [-0.3, -0.25) is 5.32 Å². The second-order valence-electron chi connectivity index (χ2n) is 4.14. The monoisotopic (exact) mass is 344 g/mol. The molecule has 22 heavy (non-hydrogen) atoms. The van der Waals surface area contributed by atoms with E-state index >= 15 is 0 Å². The molecule has 4 nitrogen and oxygen atoms in total. The fraction of sp³-hybridized carbons (Fsp3) is 0.333. The molecule has 120 valence electrons. The molecule has 0 atom stereocenters. The Morgan fingerprint density at radius 2 is 2.09 bits per heavy atom. The molecule has 7 heteroatoms. The molecule has 1 amide bonds. The Bertz CT molecular complexity index is 627. The van der Waals surface area contributed by atoms with Crippen molar-refractivity contribution >= 4 is 34.9 Å². The van der Waals surface area contributed by atoms with Crippen LogP contribution in [0.5, 0.6) is 0 Å². The van der Waals surface area contributed by atoms with Gasteiger partial charge in [0.2, 0.25) is 0 Å². The maximum Gasteiger partial charge on any atom is 0.412 e. The predicted molar refractivity (Wildman–Crippen MR) is 88.2 cm³/mol. The van der Waals surface area contributed by atoms with Crippen LogP contribution in [-0.2, 0) is 11.3 Å². The SMILES string of the molecule is CC.Cc1nsc(C)c1NC(=O)OCc1ccc(F)cc1Cl. The van der Waals surface area contributed by atoms with Gasteiger partial charge in [0, 0.05) is 10.4 Å². The third-order valence-electron chi connectivity index (χ3n) is 2.63. The number of nitrogens with zero attached hydrogens (tertiary/aromatic N) is 1. The molecule has 0 saturated carbocycles. The van der Waals surface area contributed by atoms with E-state index in [0.717, 1.165) is 10.6 Å². The number of hydrogen-bond acceptors (Lipinski definition) is 4. The normalized spacial score (nSPS) is 9.73. The van der Waals surface area contributed by atoms with Gasteiger partial charge in [-0.25, -0.2) is 9.18 Å². The van der Waals surface area contributed by atoms with E-state index in [1.54, 1.807) is 6.92 Å². The summed E-state index contributed by atoms with van der Waals surface area (Å²) < 4.78 is 22.0. The van der Waals surface area contributed by atoms with Gasteiger partial charge in [0.1, 0.15) is 12.4 Å². The number of carbonyl (C=O) groups is 1. The molecule has 0 aliphatic rings. The summed E-state index contributed by atoms with van der Waals surface area (Å²) >= 11 is 7.15. The van der Waals surface area contributed by atoms with E-state index < -0.39 is 11.9 Å². The minimum absolute atomic E-state index is 0.0272. The number of rotatable bonds is 3. The highest BCUT2D eigenvalue weighted by atomic mass is 35.5. The molecule has 2 rings (SSSR count). The second-order valence-corrected chi connectivity index (χ2v) is 5.52. The van der Waals surface area contributed by atoms with Crippen molar-refractivity contribution in [3.8, 4) is 0 Å². The highest BCUT2D eigenvalue weighted by Crippen LogP contribution is 2.23. The number of carbonyl (C=O) groups excluding carboxylic acids is 1. The standard InChI is InChI=1S/C13H12ClFN2O2S.C2H6/c1-7-12(8(2)20-17-7)16-13(18)19-6-9-3-4-10(15)5-11(9)14;1-2/h3-5H,6H2,1-2H3,(H,16,18);1-2H3. The quantitative estimate of drug-likeness (QED) is 0.819. The van der Waals surface area contributed by atoms with Crippen molar-refractivity contribution in [2.24, 2.45) is 0 Å². The lowest BCUT2D eigenvalue weighted by Crippen LogP contribution is -2.14. The number of aromatic nitrogens is 1. The Morgan fingerprint density at radius 3 is 2.64 bits per heavy atom. The van der Waals surface area contributed by atoms with E-state index in [-0.39, 0.29) is 11.6 Å². The van der Waals surface area contributed by atoms with Crippen LogP contribution in [0.2, 0.25) is 5.02 Å². The summed E-state index contributed by atoms with van der Waals surface area (Å²) in [5, 5.41) is 2.85. The number of anilines is 1. The zero-order valence-electron chi connectivity index (χ0n) is 12.9. The summed E-state index contributed by atoms with van der Waals surface area (Å²) in [6.07, 6.45) is -0.600. The van der Waals surface area contributed by atoms with Crippen LogP contribution in [0.15, 0.2) is 18.2 Å². The van der Waals surface area contributed by atoms with Crippen LogP contribution in [0.4, 0.5) is 14.9 Å². The Morgan fingerprint density at radius 1 is 1.41 bits per heavy atom. The maximum atomic E-state index is 12.9. The molecule has 0 saturated heterocycles. The van der Waals surface area contributed by atoms with Crippen molar-refractivity contribution in [3.63, 3.8) is 0 Å². The van der Waals surface area contributed by atoms with E-state index in [2.05, 4.69) is 9.69 Å². The van der Waals surface area contributed by atoms with E-state index in [9.17, 15) is 9.18 Å².